The molecule has 0 unspecified atom stereocenters. The fraction of sp³-hybridized carbons (Fsp3) is 0.571. The Kier molecular flexibility index (Phi) is 4.56. The van der Waals surface area contributed by atoms with Crippen LogP contribution in [0.5, 0.6) is 0 Å². The fourth-order valence-electron chi connectivity index (χ4n) is 1.67. The lowest BCUT2D eigenvalue weighted by molar-refractivity contribution is 0.0772. The monoisotopic (exact) mass is 270 g/mol. The molecule has 0 atom stereocenters. The van der Waals surface area contributed by atoms with Gasteiger partial charge in [-0.1, -0.05) is 23.8 Å². The minimum Gasteiger partial charge on any atom is -0.390 e. The highest BCUT2D eigenvalue weighted by Gasteiger charge is 2.19. The van der Waals surface area contributed by atoms with E-state index in [2.05, 4.69) is 0 Å². The van der Waals surface area contributed by atoms with Gasteiger partial charge in [0, 0.05) is 0 Å². The Morgan fingerprint density at radius 3 is 2.39 bits per heavy atom. The standard InChI is InChI=1S/C14H22O3S/c1-11-5-6-12(2)13(9-11)10-18(16,17)8-7-14(3,4)15/h5-6,9,15H,7-8,10H2,1-4H3. The van der Waals surface area contributed by atoms with E-state index in [0.717, 1.165) is 16.7 Å². The molecule has 0 aliphatic rings. The van der Waals surface area contributed by atoms with E-state index in [0.29, 0.717) is 0 Å². The van der Waals surface area contributed by atoms with Crippen LogP contribution in [0.3, 0.4) is 0 Å². The largest absolute Gasteiger partial charge is 0.390 e. The zero-order chi connectivity index (χ0) is 14.0. The van der Waals surface area contributed by atoms with E-state index < -0.39 is 15.4 Å². The van der Waals surface area contributed by atoms with Crippen LogP contribution in [0.25, 0.3) is 0 Å². The van der Waals surface area contributed by atoms with Gasteiger partial charge in [0.15, 0.2) is 9.84 Å². The van der Waals surface area contributed by atoms with Crippen molar-refractivity contribution in [1.29, 1.82) is 0 Å². The highest BCUT2D eigenvalue weighted by Crippen LogP contribution is 2.17. The van der Waals surface area contributed by atoms with Gasteiger partial charge in [-0.25, -0.2) is 8.42 Å². The molecule has 0 aliphatic carbocycles. The van der Waals surface area contributed by atoms with Crippen LogP contribution in [0.4, 0.5) is 0 Å². The maximum absolute atomic E-state index is 12.0. The molecule has 18 heavy (non-hydrogen) atoms. The summed E-state index contributed by atoms with van der Waals surface area (Å²) in [5, 5.41) is 9.58. The molecular weight excluding hydrogens is 248 g/mol. The van der Waals surface area contributed by atoms with Gasteiger partial charge < -0.3 is 5.11 Å². The third-order valence-electron chi connectivity index (χ3n) is 2.90. The molecule has 1 N–H and O–H groups in total. The second-order valence-corrected chi connectivity index (χ2v) is 7.77. The summed E-state index contributed by atoms with van der Waals surface area (Å²) >= 11 is 0. The van der Waals surface area contributed by atoms with Gasteiger partial charge in [0.05, 0.1) is 17.1 Å². The van der Waals surface area contributed by atoms with Crippen molar-refractivity contribution in [3.8, 4) is 0 Å². The van der Waals surface area contributed by atoms with Crippen LogP contribution in [0.15, 0.2) is 18.2 Å². The summed E-state index contributed by atoms with van der Waals surface area (Å²) in [6.45, 7) is 7.12. The molecule has 1 rings (SSSR count). The normalized spacial score (nSPS) is 12.7. The fourth-order valence-corrected chi connectivity index (χ4v) is 3.41. The van der Waals surface area contributed by atoms with Crippen molar-refractivity contribution in [3.63, 3.8) is 0 Å². The summed E-state index contributed by atoms with van der Waals surface area (Å²) in [6, 6.07) is 5.83. The molecule has 0 amide bonds. The van der Waals surface area contributed by atoms with E-state index in [1.54, 1.807) is 13.8 Å². The van der Waals surface area contributed by atoms with Crippen LogP contribution in [0.2, 0.25) is 0 Å². The van der Waals surface area contributed by atoms with Crippen LogP contribution in [-0.2, 0) is 15.6 Å². The third kappa shape index (κ3) is 5.19. The third-order valence-corrected chi connectivity index (χ3v) is 4.48. The molecule has 0 aromatic heterocycles. The molecule has 4 heteroatoms. The summed E-state index contributed by atoms with van der Waals surface area (Å²) in [7, 11) is -3.17. The average molecular weight is 270 g/mol. The SMILES string of the molecule is Cc1ccc(C)c(CS(=O)(=O)CCC(C)(C)O)c1. The van der Waals surface area contributed by atoms with Gasteiger partial charge in [0.2, 0.25) is 0 Å². The van der Waals surface area contributed by atoms with Crippen LogP contribution in [0, 0.1) is 13.8 Å². The zero-order valence-corrected chi connectivity index (χ0v) is 12.3. The van der Waals surface area contributed by atoms with Crippen molar-refractivity contribution in [3.05, 3.63) is 34.9 Å². The number of aryl methyl sites for hydroxylation is 2. The van der Waals surface area contributed by atoms with Gasteiger partial charge in [0.25, 0.3) is 0 Å². The molecular formula is C14H22O3S. The molecule has 0 bridgehead atoms. The second kappa shape index (κ2) is 5.41. The van der Waals surface area contributed by atoms with Gasteiger partial charge in [-0.2, -0.15) is 0 Å². The Balaban J connectivity index is 2.80. The van der Waals surface area contributed by atoms with Gasteiger partial charge in [-0.05, 0) is 45.2 Å². The lowest BCUT2D eigenvalue weighted by Gasteiger charge is -2.17. The minimum atomic E-state index is -3.17. The highest BCUT2D eigenvalue weighted by atomic mass is 32.2. The molecule has 0 saturated heterocycles. The molecule has 0 radical (unpaired) electrons. The van der Waals surface area contributed by atoms with Crippen molar-refractivity contribution < 1.29 is 13.5 Å². The predicted molar refractivity (Wildman–Crippen MR) is 74.3 cm³/mol. The maximum Gasteiger partial charge on any atom is 0.154 e. The summed E-state index contributed by atoms with van der Waals surface area (Å²) in [4.78, 5) is 0. The van der Waals surface area contributed by atoms with Crippen molar-refractivity contribution in [2.24, 2.45) is 0 Å². The first-order chi connectivity index (χ1) is 8.09. The number of rotatable bonds is 5. The van der Waals surface area contributed by atoms with Gasteiger partial charge >= 0.3 is 0 Å². The van der Waals surface area contributed by atoms with Crippen molar-refractivity contribution in [1.82, 2.24) is 0 Å². The van der Waals surface area contributed by atoms with E-state index in [-0.39, 0.29) is 17.9 Å². The molecule has 102 valence electrons. The first kappa shape index (κ1) is 15.2. The highest BCUT2D eigenvalue weighted by molar-refractivity contribution is 7.90. The number of sulfone groups is 1. The van der Waals surface area contributed by atoms with Gasteiger partial charge in [-0.3, -0.25) is 0 Å². The Hall–Kier alpha value is -0.870. The maximum atomic E-state index is 12.0. The van der Waals surface area contributed by atoms with Crippen molar-refractivity contribution >= 4 is 9.84 Å². The molecule has 0 fully saturated rings. The van der Waals surface area contributed by atoms with Crippen molar-refractivity contribution in [2.45, 2.75) is 45.5 Å². The number of aliphatic hydroxyl groups is 1. The van der Waals surface area contributed by atoms with Crippen LogP contribution in [0.1, 0.15) is 37.0 Å². The second-order valence-electron chi connectivity index (χ2n) is 5.58. The van der Waals surface area contributed by atoms with Gasteiger partial charge in [-0.15, -0.1) is 0 Å². The summed E-state index contributed by atoms with van der Waals surface area (Å²) in [5.74, 6) is 0.0699. The molecule has 0 aliphatic heterocycles. The van der Waals surface area contributed by atoms with E-state index in [4.69, 9.17) is 0 Å². The Morgan fingerprint density at radius 1 is 1.22 bits per heavy atom. The van der Waals surface area contributed by atoms with Crippen molar-refractivity contribution in [2.75, 3.05) is 5.75 Å². The lowest BCUT2D eigenvalue weighted by Crippen LogP contribution is -2.24. The van der Waals surface area contributed by atoms with E-state index in [1.165, 1.54) is 0 Å². The zero-order valence-electron chi connectivity index (χ0n) is 11.5. The van der Waals surface area contributed by atoms with E-state index in [1.807, 2.05) is 32.0 Å². The van der Waals surface area contributed by atoms with E-state index >= 15 is 0 Å². The minimum absolute atomic E-state index is 0.0177. The molecule has 0 saturated carbocycles. The number of hydrogen-bond acceptors (Lipinski definition) is 3. The summed E-state index contributed by atoms with van der Waals surface area (Å²) < 4.78 is 24.0. The Labute approximate surface area is 110 Å². The average Bonchev–Trinajstić information content (AvgIpc) is 2.20. The lowest BCUT2D eigenvalue weighted by atomic mass is 10.1. The topological polar surface area (TPSA) is 54.4 Å². The first-order valence-electron chi connectivity index (χ1n) is 6.08. The predicted octanol–water partition coefficient (Wildman–Crippen LogP) is 2.38. The summed E-state index contributed by atoms with van der Waals surface area (Å²) in [6.07, 6.45) is 0.264. The number of hydrogen-bond donors (Lipinski definition) is 1. The quantitative estimate of drug-likeness (QED) is 0.893. The van der Waals surface area contributed by atoms with Crippen LogP contribution < -0.4 is 0 Å². The molecule has 3 nitrogen and oxygen atoms in total. The van der Waals surface area contributed by atoms with Crippen LogP contribution in [-0.4, -0.2) is 24.9 Å². The van der Waals surface area contributed by atoms with Crippen LogP contribution >= 0.6 is 0 Å². The molecule has 1 aromatic rings. The van der Waals surface area contributed by atoms with Gasteiger partial charge in [0.1, 0.15) is 0 Å². The summed E-state index contributed by atoms with van der Waals surface area (Å²) in [5.41, 5.74) is 1.97. The Morgan fingerprint density at radius 2 is 1.83 bits per heavy atom. The Bertz CT molecular complexity index is 510. The molecule has 0 heterocycles. The smallest absolute Gasteiger partial charge is 0.154 e. The molecule has 0 spiro atoms. The van der Waals surface area contributed by atoms with E-state index in [9.17, 15) is 13.5 Å². The molecule has 1 aromatic carbocycles. The number of benzene rings is 1. The first-order valence-corrected chi connectivity index (χ1v) is 7.90.